The van der Waals surface area contributed by atoms with E-state index in [1.54, 1.807) is 0 Å². The fourth-order valence-electron chi connectivity index (χ4n) is 1.23. The summed E-state index contributed by atoms with van der Waals surface area (Å²) in [4.78, 5) is 0. The van der Waals surface area contributed by atoms with Crippen molar-refractivity contribution in [1.29, 1.82) is 5.41 Å². The molecule has 3 heteroatoms. The molecule has 0 aliphatic rings. The molecule has 19 heavy (non-hydrogen) atoms. The highest BCUT2D eigenvalue weighted by molar-refractivity contribution is 5.94. The molecule has 0 saturated heterocycles. The second-order valence-corrected chi connectivity index (χ2v) is 3.47. The van der Waals surface area contributed by atoms with Gasteiger partial charge in [0, 0.05) is 12.1 Å². The van der Waals surface area contributed by atoms with E-state index in [9.17, 15) is 0 Å². The lowest BCUT2D eigenvalue weighted by Crippen LogP contribution is -2.10. The number of benzene rings is 2. The van der Waals surface area contributed by atoms with Crippen molar-refractivity contribution in [1.82, 2.24) is 0 Å². The molecule has 5 N–H and O–H groups in total. The first-order chi connectivity index (χ1) is 9.24. The smallest absolute Gasteiger partial charge is 0.122 e. The lowest BCUT2D eigenvalue weighted by Gasteiger charge is -1.93. The minimum Gasteiger partial charge on any atom is -0.384 e. The lowest BCUT2D eigenvalue weighted by molar-refractivity contribution is 1.07. The molecule has 0 aliphatic carbocycles. The van der Waals surface area contributed by atoms with Gasteiger partial charge in [0.1, 0.15) is 5.84 Å². The van der Waals surface area contributed by atoms with Crippen LogP contribution in [0.5, 0.6) is 0 Å². The van der Waals surface area contributed by atoms with E-state index < -0.39 is 0 Å². The maximum atomic E-state index is 7.01. The number of nitrogen functional groups attached to an aromatic ring is 1. The molecule has 0 radical (unpaired) electrons. The normalized spacial score (nSPS) is 8.37. The molecule has 0 saturated carbocycles. The Morgan fingerprint density at radius 2 is 1.32 bits per heavy atom. The molecule has 102 valence electrons. The van der Waals surface area contributed by atoms with Crippen LogP contribution in [-0.4, -0.2) is 5.84 Å². The second-order valence-electron chi connectivity index (χ2n) is 3.47. The van der Waals surface area contributed by atoms with Crippen LogP contribution in [0.15, 0.2) is 60.7 Å². The summed E-state index contributed by atoms with van der Waals surface area (Å²) in [7, 11) is 0. The van der Waals surface area contributed by atoms with E-state index in [4.69, 9.17) is 16.9 Å². The Morgan fingerprint density at radius 1 is 0.895 bits per heavy atom. The Morgan fingerprint density at radius 3 is 1.58 bits per heavy atom. The van der Waals surface area contributed by atoms with E-state index in [0.29, 0.717) is 6.54 Å². The predicted octanol–water partition coefficient (Wildman–Crippen LogP) is 3.14. The SMILES string of the molecule is CC.N=C(N)c1ccccc1.NCc1ccccc1. The largest absolute Gasteiger partial charge is 0.384 e. The van der Waals surface area contributed by atoms with Gasteiger partial charge in [0.05, 0.1) is 0 Å². The van der Waals surface area contributed by atoms with Gasteiger partial charge >= 0.3 is 0 Å². The molecule has 0 aromatic heterocycles. The first-order valence-electron chi connectivity index (χ1n) is 6.37. The lowest BCUT2D eigenvalue weighted by atomic mass is 10.2. The minimum absolute atomic E-state index is 0.121. The van der Waals surface area contributed by atoms with E-state index in [2.05, 4.69) is 0 Å². The number of nitrogens with one attached hydrogen (secondary N) is 1. The minimum atomic E-state index is 0.121. The van der Waals surface area contributed by atoms with Gasteiger partial charge in [0.2, 0.25) is 0 Å². The van der Waals surface area contributed by atoms with Gasteiger partial charge in [-0.15, -0.1) is 0 Å². The summed E-state index contributed by atoms with van der Waals surface area (Å²) in [5, 5.41) is 7.01. The van der Waals surface area contributed by atoms with Gasteiger partial charge in [-0.05, 0) is 5.56 Å². The number of amidine groups is 1. The molecular formula is C16H23N3. The topological polar surface area (TPSA) is 75.9 Å². The van der Waals surface area contributed by atoms with E-state index >= 15 is 0 Å². The molecule has 2 rings (SSSR count). The van der Waals surface area contributed by atoms with Crippen molar-refractivity contribution in [2.45, 2.75) is 20.4 Å². The molecule has 0 atom stereocenters. The van der Waals surface area contributed by atoms with Crippen molar-refractivity contribution < 1.29 is 0 Å². The van der Waals surface area contributed by atoms with Crippen LogP contribution in [0.25, 0.3) is 0 Å². The van der Waals surface area contributed by atoms with Crippen molar-refractivity contribution in [3.05, 3.63) is 71.8 Å². The van der Waals surface area contributed by atoms with Crippen molar-refractivity contribution in [2.75, 3.05) is 0 Å². The third-order valence-electron chi connectivity index (χ3n) is 2.16. The van der Waals surface area contributed by atoms with Crippen LogP contribution in [0.2, 0.25) is 0 Å². The zero-order valence-corrected chi connectivity index (χ0v) is 11.6. The summed E-state index contributed by atoms with van der Waals surface area (Å²) in [5.74, 6) is 0.121. The molecule has 0 fully saturated rings. The number of hydrogen-bond donors (Lipinski definition) is 3. The maximum Gasteiger partial charge on any atom is 0.122 e. The number of rotatable bonds is 2. The van der Waals surface area contributed by atoms with Gasteiger partial charge in [0.25, 0.3) is 0 Å². The Bertz CT molecular complexity index is 438. The van der Waals surface area contributed by atoms with Crippen molar-refractivity contribution >= 4 is 5.84 Å². The summed E-state index contributed by atoms with van der Waals surface area (Å²) < 4.78 is 0. The van der Waals surface area contributed by atoms with E-state index in [1.807, 2.05) is 74.5 Å². The Kier molecular flexibility index (Phi) is 9.76. The van der Waals surface area contributed by atoms with Crippen LogP contribution in [0.4, 0.5) is 0 Å². The maximum absolute atomic E-state index is 7.01. The monoisotopic (exact) mass is 257 g/mol. The summed E-state index contributed by atoms with van der Waals surface area (Å²) in [5.41, 5.74) is 12.5. The van der Waals surface area contributed by atoms with E-state index in [1.165, 1.54) is 5.56 Å². The fraction of sp³-hybridized carbons (Fsp3) is 0.188. The van der Waals surface area contributed by atoms with E-state index in [0.717, 1.165) is 5.56 Å². The average molecular weight is 257 g/mol. The molecule has 0 bridgehead atoms. The first kappa shape index (κ1) is 16.9. The molecule has 2 aromatic rings. The standard InChI is InChI=1S/C7H8N2.C7H9N.C2H6/c8-7(9)6-4-2-1-3-5-6;8-6-7-4-2-1-3-5-7;1-2/h1-5H,(H3,8,9);1-5H,6,8H2;1-2H3. The van der Waals surface area contributed by atoms with Gasteiger partial charge in [-0.1, -0.05) is 74.5 Å². The van der Waals surface area contributed by atoms with Crippen LogP contribution in [0.3, 0.4) is 0 Å². The van der Waals surface area contributed by atoms with Gasteiger partial charge in [-0.2, -0.15) is 0 Å². The Hall–Kier alpha value is -2.13. The van der Waals surface area contributed by atoms with Crippen LogP contribution < -0.4 is 11.5 Å². The van der Waals surface area contributed by atoms with E-state index in [-0.39, 0.29) is 5.84 Å². The summed E-state index contributed by atoms with van der Waals surface area (Å²) in [6.45, 7) is 4.64. The summed E-state index contributed by atoms with van der Waals surface area (Å²) in [6.07, 6.45) is 0. The Labute approximate surface area is 115 Å². The Balaban J connectivity index is 0.000000303. The van der Waals surface area contributed by atoms with Gasteiger partial charge in [0.15, 0.2) is 0 Å². The van der Waals surface area contributed by atoms with Crippen LogP contribution >= 0.6 is 0 Å². The number of hydrogen-bond acceptors (Lipinski definition) is 2. The molecule has 0 aliphatic heterocycles. The predicted molar refractivity (Wildman–Crippen MR) is 83.1 cm³/mol. The summed E-state index contributed by atoms with van der Waals surface area (Å²) >= 11 is 0. The zero-order chi connectivity index (χ0) is 14.5. The quantitative estimate of drug-likeness (QED) is 0.571. The van der Waals surface area contributed by atoms with Gasteiger partial charge in [-0.25, -0.2) is 0 Å². The zero-order valence-electron chi connectivity index (χ0n) is 11.6. The molecule has 0 amide bonds. The first-order valence-corrected chi connectivity index (χ1v) is 6.37. The van der Waals surface area contributed by atoms with Crippen LogP contribution in [0, 0.1) is 5.41 Å². The molecule has 0 unspecified atom stereocenters. The van der Waals surface area contributed by atoms with Gasteiger partial charge in [-0.3, -0.25) is 5.41 Å². The molecular weight excluding hydrogens is 234 g/mol. The molecule has 0 heterocycles. The van der Waals surface area contributed by atoms with Crippen LogP contribution in [0.1, 0.15) is 25.0 Å². The third kappa shape index (κ3) is 7.73. The molecule has 2 aromatic carbocycles. The average Bonchev–Trinajstić information content (AvgIpc) is 2.51. The molecule has 3 nitrogen and oxygen atoms in total. The molecule has 0 spiro atoms. The third-order valence-corrected chi connectivity index (χ3v) is 2.16. The highest BCUT2D eigenvalue weighted by Gasteiger charge is 1.89. The van der Waals surface area contributed by atoms with Crippen molar-refractivity contribution in [2.24, 2.45) is 11.5 Å². The van der Waals surface area contributed by atoms with Gasteiger partial charge < -0.3 is 11.5 Å². The second kappa shape index (κ2) is 11.0. The fourth-order valence-corrected chi connectivity index (χ4v) is 1.23. The van der Waals surface area contributed by atoms with Crippen LogP contribution in [-0.2, 0) is 6.54 Å². The highest BCUT2D eigenvalue weighted by Crippen LogP contribution is 1.95. The van der Waals surface area contributed by atoms with Crippen molar-refractivity contribution in [3.8, 4) is 0 Å². The van der Waals surface area contributed by atoms with Crippen molar-refractivity contribution in [3.63, 3.8) is 0 Å². The summed E-state index contributed by atoms with van der Waals surface area (Å²) in [6, 6.07) is 19.2. The highest BCUT2D eigenvalue weighted by atomic mass is 14.7. The number of nitrogens with two attached hydrogens (primary N) is 2.